The fourth-order valence-electron chi connectivity index (χ4n) is 1.62. The van der Waals surface area contributed by atoms with Gasteiger partial charge in [-0.25, -0.2) is 17.9 Å². The zero-order chi connectivity index (χ0) is 16.3. The van der Waals surface area contributed by atoms with Gasteiger partial charge in [-0.2, -0.15) is 0 Å². The molecule has 0 aromatic heterocycles. The number of rotatable bonds is 7. The Balaban J connectivity index is 2.99. The van der Waals surface area contributed by atoms with Gasteiger partial charge in [0.15, 0.2) is 0 Å². The lowest BCUT2D eigenvalue weighted by Crippen LogP contribution is -2.34. The van der Waals surface area contributed by atoms with E-state index in [1.807, 2.05) is 0 Å². The number of aromatic carboxylic acids is 1. The van der Waals surface area contributed by atoms with Gasteiger partial charge in [0, 0.05) is 13.2 Å². The molecule has 0 atom stereocenters. The first kappa shape index (κ1) is 17.4. The molecule has 0 saturated heterocycles. The summed E-state index contributed by atoms with van der Waals surface area (Å²) in [5.74, 6) is -1.91. The Morgan fingerprint density at radius 3 is 2.48 bits per heavy atom. The lowest BCUT2D eigenvalue weighted by Gasteiger charge is -2.23. The van der Waals surface area contributed by atoms with E-state index in [0.29, 0.717) is 6.42 Å². The SMILES string of the molecule is CC(C)(CCO)CNS(=O)(=O)c1ccc(O)c(C(=O)O)c1. The summed E-state index contributed by atoms with van der Waals surface area (Å²) >= 11 is 0. The summed E-state index contributed by atoms with van der Waals surface area (Å²) in [4.78, 5) is 10.7. The van der Waals surface area contributed by atoms with Crippen molar-refractivity contribution in [2.45, 2.75) is 25.2 Å². The first-order valence-electron chi connectivity index (χ1n) is 6.26. The summed E-state index contributed by atoms with van der Waals surface area (Å²) in [7, 11) is -3.89. The largest absolute Gasteiger partial charge is 0.507 e. The molecule has 1 rings (SSSR count). The number of sulfonamides is 1. The van der Waals surface area contributed by atoms with Crippen LogP contribution in [0.15, 0.2) is 23.1 Å². The minimum absolute atomic E-state index is 0.0584. The van der Waals surface area contributed by atoms with Gasteiger partial charge in [-0.05, 0) is 30.0 Å². The van der Waals surface area contributed by atoms with Gasteiger partial charge < -0.3 is 15.3 Å². The number of aliphatic hydroxyl groups excluding tert-OH is 1. The smallest absolute Gasteiger partial charge is 0.339 e. The lowest BCUT2D eigenvalue weighted by atomic mass is 9.90. The van der Waals surface area contributed by atoms with E-state index in [0.717, 1.165) is 18.2 Å². The Labute approximate surface area is 123 Å². The quantitative estimate of drug-likeness (QED) is 0.589. The Morgan fingerprint density at radius 1 is 1.33 bits per heavy atom. The van der Waals surface area contributed by atoms with Crippen molar-refractivity contribution in [1.29, 1.82) is 0 Å². The fourth-order valence-corrected chi connectivity index (χ4v) is 2.89. The summed E-state index contributed by atoms with van der Waals surface area (Å²) in [5, 5.41) is 27.2. The van der Waals surface area contributed by atoms with Gasteiger partial charge in [-0.15, -0.1) is 0 Å². The summed E-state index contributed by atoms with van der Waals surface area (Å²) < 4.78 is 26.6. The van der Waals surface area contributed by atoms with Gasteiger partial charge in [0.1, 0.15) is 11.3 Å². The Bertz CT molecular complexity index is 624. The molecule has 118 valence electrons. The summed E-state index contributed by atoms with van der Waals surface area (Å²) in [6.07, 6.45) is 0.422. The van der Waals surface area contributed by atoms with E-state index in [1.54, 1.807) is 13.8 Å². The number of aliphatic hydroxyl groups is 1. The first-order valence-corrected chi connectivity index (χ1v) is 7.74. The molecule has 21 heavy (non-hydrogen) atoms. The number of nitrogens with one attached hydrogen (secondary N) is 1. The van der Waals surface area contributed by atoms with Crippen LogP contribution < -0.4 is 4.72 Å². The van der Waals surface area contributed by atoms with E-state index in [9.17, 15) is 18.3 Å². The third-order valence-corrected chi connectivity index (χ3v) is 4.44. The van der Waals surface area contributed by atoms with Crippen LogP contribution in [0.1, 0.15) is 30.6 Å². The van der Waals surface area contributed by atoms with Crippen molar-refractivity contribution in [3.8, 4) is 5.75 Å². The average Bonchev–Trinajstić information content (AvgIpc) is 2.36. The lowest BCUT2D eigenvalue weighted by molar-refractivity contribution is 0.0693. The molecular formula is C13H19NO6S. The van der Waals surface area contributed by atoms with E-state index in [2.05, 4.69) is 4.72 Å². The second-order valence-electron chi connectivity index (χ2n) is 5.45. The summed E-state index contributed by atoms with van der Waals surface area (Å²) in [5.41, 5.74) is -0.915. The van der Waals surface area contributed by atoms with Crippen molar-refractivity contribution < 1.29 is 28.5 Å². The molecule has 0 amide bonds. The van der Waals surface area contributed by atoms with E-state index < -0.39 is 32.7 Å². The van der Waals surface area contributed by atoms with E-state index in [4.69, 9.17) is 10.2 Å². The number of hydrogen-bond donors (Lipinski definition) is 4. The highest BCUT2D eigenvalue weighted by Crippen LogP contribution is 2.23. The van der Waals surface area contributed by atoms with Gasteiger partial charge in [0.25, 0.3) is 0 Å². The van der Waals surface area contributed by atoms with Crippen molar-refractivity contribution in [2.75, 3.05) is 13.2 Å². The minimum Gasteiger partial charge on any atom is -0.507 e. The molecule has 1 aromatic carbocycles. The fraction of sp³-hybridized carbons (Fsp3) is 0.462. The second-order valence-corrected chi connectivity index (χ2v) is 7.21. The molecule has 0 radical (unpaired) electrons. The van der Waals surface area contributed by atoms with Crippen molar-refractivity contribution in [2.24, 2.45) is 5.41 Å². The van der Waals surface area contributed by atoms with Gasteiger partial charge in [0.2, 0.25) is 10.0 Å². The highest BCUT2D eigenvalue weighted by molar-refractivity contribution is 7.89. The molecular weight excluding hydrogens is 298 g/mol. The molecule has 1 aromatic rings. The number of carboxylic acid groups (broad SMARTS) is 1. The van der Waals surface area contributed by atoms with E-state index >= 15 is 0 Å². The van der Waals surface area contributed by atoms with Crippen LogP contribution in [-0.2, 0) is 10.0 Å². The van der Waals surface area contributed by atoms with Crippen LogP contribution in [0.2, 0.25) is 0 Å². The number of aromatic hydroxyl groups is 1. The molecule has 0 aliphatic carbocycles. The van der Waals surface area contributed by atoms with E-state index in [-0.39, 0.29) is 18.0 Å². The van der Waals surface area contributed by atoms with Crippen LogP contribution in [0, 0.1) is 5.41 Å². The predicted molar refractivity (Wildman–Crippen MR) is 75.7 cm³/mol. The number of carbonyl (C=O) groups is 1. The molecule has 4 N–H and O–H groups in total. The maximum atomic E-state index is 12.1. The van der Waals surface area contributed by atoms with Crippen molar-refractivity contribution >= 4 is 16.0 Å². The monoisotopic (exact) mass is 317 g/mol. The first-order chi connectivity index (χ1) is 9.59. The zero-order valence-electron chi connectivity index (χ0n) is 11.8. The standard InChI is InChI=1S/C13H19NO6S/c1-13(2,5-6-15)8-14-21(19,20)9-3-4-11(16)10(7-9)12(17)18/h3-4,7,14-16H,5-6,8H2,1-2H3,(H,17,18). The van der Waals surface area contributed by atoms with Crippen molar-refractivity contribution in [3.63, 3.8) is 0 Å². The van der Waals surface area contributed by atoms with Crippen LogP contribution in [0.3, 0.4) is 0 Å². The normalized spacial score (nSPS) is 12.3. The highest BCUT2D eigenvalue weighted by Gasteiger charge is 2.23. The average molecular weight is 317 g/mol. The molecule has 0 spiro atoms. The Morgan fingerprint density at radius 2 is 1.95 bits per heavy atom. The number of carboxylic acids is 1. The molecule has 7 nitrogen and oxygen atoms in total. The molecule has 0 unspecified atom stereocenters. The molecule has 0 saturated carbocycles. The number of hydrogen-bond acceptors (Lipinski definition) is 5. The number of benzene rings is 1. The maximum absolute atomic E-state index is 12.1. The van der Waals surface area contributed by atoms with Crippen molar-refractivity contribution in [1.82, 2.24) is 4.72 Å². The maximum Gasteiger partial charge on any atom is 0.339 e. The molecule has 0 heterocycles. The van der Waals surface area contributed by atoms with Gasteiger partial charge in [-0.1, -0.05) is 13.8 Å². The predicted octanol–water partition coefficient (Wildman–Crippen LogP) is 0.777. The minimum atomic E-state index is -3.89. The second kappa shape index (κ2) is 6.42. The van der Waals surface area contributed by atoms with Crippen LogP contribution in [-0.4, -0.2) is 42.9 Å². The van der Waals surface area contributed by atoms with Crippen LogP contribution in [0.5, 0.6) is 5.75 Å². The molecule has 8 heteroatoms. The van der Waals surface area contributed by atoms with Crippen LogP contribution in [0.4, 0.5) is 0 Å². The third-order valence-electron chi connectivity index (χ3n) is 3.04. The Hall–Kier alpha value is -1.64. The molecule has 0 aliphatic rings. The van der Waals surface area contributed by atoms with Gasteiger partial charge >= 0.3 is 5.97 Å². The topological polar surface area (TPSA) is 124 Å². The Kier molecular flexibility index (Phi) is 5.32. The number of phenols is 1. The summed E-state index contributed by atoms with van der Waals surface area (Å²) in [6, 6.07) is 3.05. The van der Waals surface area contributed by atoms with Crippen molar-refractivity contribution in [3.05, 3.63) is 23.8 Å². The molecule has 0 fully saturated rings. The highest BCUT2D eigenvalue weighted by atomic mass is 32.2. The van der Waals surface area contributed by atoms with Gasteiger partial charge in [-0.3, -0.25) is 0 Å². The molecule has 0 bridgehead atoms. The van der Waals surface area contributed by atoms with Gasteiger partial charge in [0.05, 0.1) is 4.90 Å². The zero-order valence-corrected chi connectivity index (χ0v) is 12.6. The molecule has 0 aliphatic heterocycles. The summed E-state index contributed by atoms with van der Waals surface area (Å²) in [6.45, 7) is 3.63. The van der Waals surface area contributed by atoms with E-state index in [1.165, 1.54) is 0 Å². The van der Waals surface area contributed by atoms with Crippen LogP contribution >= 0.6 is 0 Å². The third kappa shape index (κ3) is 4.69. The van der Waals surface area contributed by atoms with Crippen LogP contribution in [0.25, 0.3) is 0 Å².